The number of benzene rings is 3. The van der Waals surface area contributed by atoms with Gasteiger partial charge in [-0.15, -0.1) is 0 Å². The second-order valence-corrected chi connectivity index (χ2v) is 30.8. The quantitative estimate of drug-likeness (QED) is 0.0153. The van der Waals surface area contributed by atoms with Crippen molar-refractivity contribution in [2.45, 2.75) is 103 Å². The summed E-state index contributed by atoms with van der Waals surface area (Å²) in [7, 11) is -3.69. The van der Waals surface area contributed by atoms with Crippen molar-refractivity contribution in [3.05, 3.63) is 131 Å². The molecular weight excluding hydrogens is 983 g/mol. The van der Waals surface area contributed by atoms with Crippen LogP contribution in [0, 0.1) is 18.6 Å². The van der Waals surface area contributed by atoms with Crippen LogP contribution in [0.3, 0.4) is 0 Å². The van der Waals surface area contributed by atoms with E-state index in [9.17, 15) is 27.4 Å². The van der Waals surface area contributed by atoms with Gasteiger partial charge in [0, 0.05) is 63.0 Å². The fourth-order valence-electron chi connectivity index (χ4n) is 6.05. The molecule has 0 spiro atoms. The van der Waals surface area contributed by atoms with Crippen molar-refractivity contribution in [3.63, 3.8) is 0 Å². The number of nitrogens with zero attached hydrogens (tertiary/aromatic N) is 5. The summed E-state index contributed by atoms with van der Waals surface area (Å²) >= 11 is 0. The van der Waals surface area contributed by atoms with Crippen LogP contribution >= 0.6 is 0 Å². The predicted octanol–water partition coefficient (Wildman–Crippen LogP) is 8.42. The minimum atomic E-state index is -1.35. The molecule has 2 unspecified atom stereocenters. The first-order chi connectivity index (χ1) is 32.8. The zero-order valence-corrected chi connectivity index (χ0v) is 44.7. The van der Waals surface area contributed by atoms with E-state index in [1.807, 2.05) is 19.1 Å². The first kappa shape index (κ1) is 63.9. The van der Waals surface area contributed by atoms with Gasteiger partial charge in [0.25, 0.3) is 0 Å². The number of esters is 2. The first-order valence-electron chi connectivity index (χ1n) is 22.3. The lowest BCUT2D eigenvalue weighted by atomic mass is 10.1. The molecule has 6 aromatic rings. The molecule has 3 heterocycles. The van der Waals surface area contributed by atoms with E-state index in [4.69, 9.17) is 24.4 Å². The van der Waals surface area contributed by atoms with Crippen molar-refractivity contribution in [1.82, 2.24) is 35.2 Å². The van der Waals surface area contributed by atoms with Crippen LogP contribution in [0.4, 0.5) is 8.78 Å². The average Bonchev–Trinajstić information content (AvgIpc) is 4.07. The minimum Gasteiger partial charge on any atom is -0.461 e. The third-order valence-electron chi connectivity index (χ3n) is 9.88. The number of hydrogen-bond acceptors (Lipinski definition) is 12. The highest BCUT2D eigenvalue weighted by Gasteiger charge is 2.22. The Kier molecular flexibility index (Phi) is 27.2. The lowest BCUT2D eigenvalue weighted by Crippen LogP contribution is -2.34. The fourth-order valence-corrected chi connectivity index (χ4v) is 8.77. The Morgan fingerprint density at radius 3 is 1.76 bits per heavy atom. The molecule has 6 rings (SSSR count). The normalized spacial score (nSPS) is 11.7. The molecule has 17 nitrogen and oxygen atoms in total. The third kappa shape index (κ3) is 20.2. The number of ether oxygens (including phenoxy) is 4. The van der Waals surface area contributed by atoms with Gasteiger partial charge in [0.15, 0.2) is 29.3 Å². The van der Waals surface area contributed by atoms with Crippen LogP contribution in [-0.2, 0) is 43.2 Å². The highest BCUT2D eigenvalue weighted by molar-refractivity contribution is 7.86. The maximum Gasteiger partial charge on any atom is 0.358 e. The average molecular weight is 1060 g/mol. The highest BCUT2D eigenvalue weighted by atomic mass is 32.2. The van der Waals surface area contributed by atoms with E-state index in [0.717, 1.165) is 23.2 Å². The van der Waals surface area contributed by atoms with Gasteiger partial charge < -0.3 is 50.1 Å². The van der Waals surface area contributed by atoms with E-state index >= 15 is 0 Å². The van der Waals surface area contributed by atoms with Crippen molar-refractivity contribution in [3.8, 4) is 22.8 Å². The summed E-state index contributed by atoms with van der Waals surface area (Å²) in [5.74, 6) is -1.01. The van der Waals surface area contributed by atoms with Gasteiger partial charge in [-0.25, -0.2) is 33.3 Å². The smallest absolute Gasteiger partial charge is 0.358 e. The number of aryl methyl sites for hydroxylation is 1. The Morgan fingerprint density at radius 2 is 1.28 bits per heavy atom. The summed E-state index contributed by atoms with van der Waals surface area (Å²) in [6, 6.07) is 21.3. The highest BCUT2D eigenvalue weighted by Crippen LogP contribution is 2.29. The molecule has 8 N–H and O–H groups in total. The van der Waals surface area contributed by atoms with Gasteiger partial charge in [0.05, 0.1) is 25.2 Å². The molecule has 0 amide bonds. The van der Waals surface area contributed by atoms with E-state index in [2.05, 4.69) is 65.4 Å². The SMILES string of the molecule is C.CCOC(=O)c1cn(COCC[Si](C)(C)C)c(-c2[nH]cnc2-c2ccc(F)cc2)n1.CCOC(=O)c1cn(COCC[Si](C)(C)C)c(C=O)n1.Cc1ccc(S(=O)C([C-]=[NH2+])c2ccc(F)cc2)cc1.N.O. The number of carbonyl (C=O) groups is 3. The van der Waals surface area contributed by atoms with Crippen molar-refractivity contribution >= 4 is 51.4 Å². The lowest BCUT2D eigenvalue weighted by Gasteiger charge is -2.17. The van der Waals surface area contributed by atoms with Crippen molar-refractivity contribution in [1.29, 1.82) is 0 Å². The Balaban J connectivity index is 0.000000549. The molecule has 0 bridgehead atoms. The van der Waals surface area contributed by atoms with Gasteiger partial charge in [0.1, 0.15) is 30.8 Å². The molecule has 72 heavy (non-hydrogen) atoms. The van der Waals surface area contributed by atoms with E-state index < -0.39 is 44.1 Å². The molecule has 2 atom stereocenters. The molecule has 0 aliphatic rings. The van der Waals surface area contributed by atoms with Gasteiger partial charge in [-0.1, -0.05) is 82.1 Å². The molecule has 394 valence electrons. The minimum absolute atomic E-state index is 0. The van der Waals surface area contributed by atoms with Crippen LogP contribution in [0.25, 0.3) is 22.8 Å². The predicted molar refractivity (Wildman–Crippen MR) is 282 cm³/mol. The topological polar surface area (TPSA) is 262 Å². The van der Waals surface area contributed by atoms with Crippen molar-refractivity contribution in [2.75, 3.05) is 26.4 Å². The van der Waals surface area contributed by atoms with Crippen LogP contribution < -0.4 is 11.6 Å². The number of halogens is 2. The molecule has 0 radical (unpaired) electrons. The van der Waals surface area contributed by atoms with Crippen LogP contribution in [0.2, 0.25) is 51.4 Å². The zero-order valence-electron chi connectivity index (χ0n) is 41.9. The summed E-state index contributed by atoms with van der Waals surface area (Å²) in [5.41, 5.74) is 4.07. The number of hydrogen-bond donors (Lipinski definition) is 3. The standard InChI is InChI=1S/C21H27FN4O3Si.C15H14FNOS.C13H22N2O4Si.CH4.H3N.H2O/c1-5-29-21(27)17-12-26(14-28-10-11-30(2,3)4)20(25-17)19-18(23-13-24-19)15-6-8-16(22)9-7-15;1-11-2-8-14(9-3-11)19(18)15(10-17)12-4-6-13(16)7-5-12;1-5-19-13(17)11-8-15(12(9-16)14-11)10-18-6-7-20(2,3)4;;;/h6-9,12-13H,5,10-11,14H2,1-4H3,(H,23,24);2-9,15H,17H2,1H3;8-9H,5-7,10H2,1-4H3;1H4;1H3;1H2. The number of aldehydes is 1. The van der Waals surface area contributed by atoms with E-state index in [-0.39, 0.29) is 74.6 Å². The summed E-state index contributed by atoms with van der Waals surface area (Å²) in [6.45, 7) is 21.4. The molecule has 22 heteroatoms. The second kappa shape index (κ2) is 30.7. The molecule has 3 aromatic heterocycles. The summed E-state index contributed by atoms with van der Waals surface area (Å²) < 4.78 is 63.3. The Bertz CT molecular complexity index is 2620. The van der Waals surface area contributed by atoms with Crippen LogP contribution in [0.5, 0.6) is 0 Å². The molecule has 0 saturated heterocycles. The second-order valence-electron chi connectivity index (χ2n) is 18.0. The van der Waals surface area contributed by atoms with Crippen molar-refractivity contribution in [2.24, 2.45) is 0 Å². The first-order valence-corrected chi connectivity index (χ1v) is 31.0. The fraction of sp³-hybridized carbons (Fsp3) is 0.380. The molecule has 0 aliphatic heterocycles. The number of H-pyrrole nitrogens is 1. The molecule has 0 saturated carbocycles. The van der Waals surface area contributed by atoms with Gasteiger partial charge >= 0.3 is 11.9 Å². The largest absolute Gasteiger partial charge is 0.461 e. The monoisotopic (exact) mass is 1050 g/mol. The number of nitrogens with two attached hydrogens (primary N) is 1. The molecule has 0 aliphatic carbocycles. The zero-order chi connectivity index (χ0) is 50.7. The van der Waals surface area contributed by atoms with Crippen LogP contribution in [0.15, 0.2) is 96.4 Å². The number of aromatic nitrogens is 6. The molecule has 3 aromatic carbocycles. The summed E-state index contributed by atoms with van der Waals surface area (Å²) in [4.78, 5) is 51.2. The molecule has 0 fully saturated rings. The maximum absolute atomic E-state index is 13.3. The maximum atomic E-state index is 13.3. The lowest BCUT2D eigenvalue weighted by molar-refractivity contribution is -0.107. The number of carbonyl (C=O) groups excluding carboxylic acids is 3. The van der Waals surface area contributed by atoms with Crippen LogP contribution in [0.1, 0.15) is 69.2 Å². The number of imidazole rings is 3. The van der Waals surface area contributed by atoms with E-state index in [1.54, 1.807) is 67.3 Å². The van der Waals surface area contributed by atoms with Gasteiger partial charge in [0.2, 0.25) is 0 Å². The van der Waals surface area contributed by atoms with Gasteiger partial charge in [-0.05, 0) is 86.6 Å². The number of nitrogens with one attached hydrogen (secondary N) is 1. The Hall–Kier alpha value is -6.15. The number of aromatic amines is 1. The van der Waals surface area contributed by atoms with Crippen molar-refractivity contribution < 1.29 is 57.2 Å². The Labute approximate surface area is 426 Å². The molecular formula is C50H72F2N8O9SSi2. The van der Waals surface area contributed by atoms with E-state index in [1.165, 1.54) is 35.0 Å². The Morgan fingerprint density at radius 1 is 0.792 bits per heavy atom. The summed E-state index contributed by atoms with van der Waals surface area (Å²) in [6.07, 6.45) is 7.78. The van der Waals surface area contributed by atoms with Gasteiger partial charge in [-0.3, -0.25) is 9.00 Å². The summed E-state index contributed by atoms with van der Waals surface area (Å²) in [5, 5.41) is 4.91. The van der Waals surface area contributed by atoms with E-state index in [0.29, 0.717) is 47.2 Å². The number of rotatable bonds is 21. The third-order valence-corrected chi connectivity index (χ3v) is 14.9. The van der Waals surface area contributed by atoms with Crippen LogP contribution in [-0.4, -0.2) is 106 Å². The van der Waals surface area contributed by atoms with Gasteiger partial charge in [-0.2, -0.15) is 6.21 Å².